The fraction of sp³-hybridized carbons (Fsp3) is 0.579. The van der Waals surface area contributed by atoms with Crippen molar-refractivity contribution >= 4 is 23.2 Å². The van der Waals surface area contributed by atoms with E-state index in [9.17, 15) is 9.59 Å². The summed E-state index contributed by atoms with van der Waals surface area (Å²) in [7, 11) is 0. The lowest BCUT2D eigenvalue weighted by Crippen LogP contribution is -2.50. The van der Waals surface area contributed by atoms with Crippen LogP contribution in [0.25, 0.3) is 0 Å². The number of hydrogen-bond acceptors (Lipinski definition) is 4. The molecule has 1 aromatic carbocycles. The molecule has 0 spiro atoms. The lowest BCUT2D eigenvalue weighted by molar-refractivity contribution is -0.126. The molecule has 0 aliphatic carbocycles. The molecule has 2 aliphatic heterocycles. The largest absolute Gasteiger partial charge is 0.371 e. The second-order valence-corrected chi connectivity index (χ2v) is 7.13. The summed E-state index contributed by atoms with van der Waals surface area (Å²) in [5.74, 6) is -0.431. The van der Waals surface area contributed by atoms with Gasteiger partial charge in [0.1, 0.15) is 0 Å². The van der Waals surface area contributed by atoms with Gasteiger partial charge >= 0.3 is 0 Å². The molecular formula is C19H28N4O2. The summed E-state index contributed by atoms with van der Waals surface area (Å²) in [6.45, 7) is 5.25. The fourth-order valence-electron chi connectivity index (χ4n) is 3.93. The van der Waals surface area contributed by atoms with Gasteiger partial charge < -0.3 is 16.0 Å². The molecule has 1 unspecified atom stereocenters. The molecule has 2 fully saturated rings. The number of benzene rings is 1. The quantitative estimate of drug-likeness (QED) is 0.855. The second kappa shape index (κ2) is 7.87. The predicted molar refractivity (Wildman–Crippen MR) is 99.7 cm³/mol. The molecule has 6 heteroatoms. The van der Waals surface area contributed by atoms with Gasteiger partial charge in [0.05, 0.1) is 12.6 Å². The van der Waals surface area contributed by atoms with E-state index in [2.05, 4.69) is 23.2 Å². The van der Waals surface area contributed by atoms with Gasteiger partial charge in [0.2, 0.25) is 11.8 Å². The highest BCUT2D eigenvalue weighted by atomic mass is 16.2. The molecule has 1 atom stereocenters. The molecule has 2 amide bonds. The number of amides is 2. The van der Waals surface area contributed by atoms with Crippen LogP contribution in [0.15, 0.2) is 18.2 Å². The Hall–Kier alpha value is -2.08. The zero-order valence-electron chi connectivity index (χ0n) is 15.0. The highest BCUT2D eigenvalue weighted by molar-refractivity contribution is 5.93. The smallest absolute Gasteiger partial charge is 0.238 e. The summed E-state index contributed by atoms with van der Waals surface area (Å²) in [5.41, 5.74) is 8.69. The molecule has 0 saturated carbocycles. The van der Waals surface area contributed by atoms with Crippen LogP contribution < -0.4 is 16.0 Å². The number of piperidine rings is 1. The van der Waals surface area contributed by atoms with Gasteiger partial charge in [0.25, 0.3) is 0 Å². The van der Waals surface area contributed by atoms with Crippen molar-refractivity contribution in [3.05, 3.63) is 23.8 Å². The molecule has 1 aromatic rings. The normalized spacial score (nSPS) is 21.3. The third kappa shape index (κ3) is 4.31. The third-order valence-corrected chi connectivity index (χ3v) is 5.22. The number of nitrogens with one attached hydrogen (secondary N) is 1. The van der Waals surface area contributed by atoms with Crippen molar-refractivity contribution < 1.29 is 9.59 Å². The summed E-state index contributed by atoms with van der Waals surface area (Å²) >= 11 is 0. The Labute approximate surface area is 149 Å². The molecule has 2 aliphatic rings. The van der Waals surface area contributed by atoms with Crippen LogP contribution in [0.1, 0.15) is 37.7 Å². The fourth-order valence-corrected chi connectivity index (χ4v) is 3.93. The summed E-state index contributed by atoms with van der Waals surface area (Å²) in [4.78, 5) is 28.2. The summed E-state index contributed by atoms with van der Waals surface area (Å²) in [5, 5.41) is 2.96. The van der Waals surface area contributed by atoms with Crippen molar-refractivity contribution in [1.82, 2.24) is 4.90 Å². The first-order chi connectivity index (χ1) is 12.0. The zero-order valence-corrected chi connectivity index (χ0v) is 15.0. The van der Waals surface area contributed by atoms with E-state index in [4.69, 9.17) is 5.73 Å². The number of nitrogens with two attached hydrogens (primary N) is 1. The van der Waals surface area contributed by atoms with Crippen molar-refractivity contribution in [3.8, 4) is 0 Å². The van der Waals surface area contributed by atoms with Gasteiger partial charge in [-0.15, -0.1) is 0 Å². The predicted octanol–water partition coefficient (Wildman–Crippen LogP) is 1.87. The number of carbonyl (C=O) groups is 2. The van der Waals surface area contributed by atoms with Gasteiger partial charge in [-0.2, -0.15) is 0 Å². The number of hydrogen-bond donors (Lipinski definition) is 2. The van der Waals surface area contributed by atoms with E-state index in [1.54, 1.807) is 0 Å². The topological polar surface area (TPSA) is 78.7 Å². The van der Waals surface area contributed by atoms with E-state index in [1.165, 1.54) is 24.1 Å². The number of rotatable bonds is 5. The Morgan fingerprint density at radius 1 is 1.16 bits per heavy atom. The molecular weight excluding hydrogens is 316 g/mol. The van der Waals surface area contributed by atoms with Crippen molar-refractivity contribution in [3.63, 3.8) is 0 Å². The lowest BCUT2D eigenvalue weighted by Gasteiger charge is -2.32. The molecule has 2 heterocycles. The van der Waals surface area contributed by atoms with Gasteiger partial charge in [0, 0.05) is 24.5 Å². The number of primary amides is 1. The first kappa shape index (κ1) is 17.7. The maximum Gasteiger partial charge on any atom is 0.238 e. The molecule has 136 valence electrons. The average molecular weight is 344 g/mol. The van der Waals surface area contributed by atoms with Crippen LogP contribution in [0.5, 0.6) is 0 Å². The van der Waals surface area contributed by atoms with Crippen LogP contribution in [0.3, 0.4) is 0 Å². The molecule has 25 heavy (non-hydrogen) atoms. The van der Waals surface area contributed by atoms with Gasteiger partial charge in [-0.3, -0.25) is 14.5 Å². The third-order valence-electron chi connectivity index (χ3n) is 5.22. The van der Waals surface area contributed by atoms with Crippen molar-refractivity contribution in [2.45, 2.75) is 45.1 Å². The van der Waals surface area contributed by atoms with Gasteiger partial charge in [0.15, 0.2) is 0 Å². The van der Waals surface area contributed by atoms with Crippen molar-refractivity contribution in [2.75, 3.05) is 36.4 Å². The van der Waals surface area contributed by atoms with Crippen molar-refractivity contribution in [2.24, 2.45) is 5.73 Å². The second-order valence-electron chi connectivity index (χ2n) is 7.13. The first-order valence-electron chi connectivity index (χ1n) is 9.23. The summed E-state index contributed by atoms with van der Waals surface area (Å²) in [6, 6.07) is 5.75. The molecule has 3 N–H and O–H groups in total. The Balaban J connectivity index is 1.60. The maximum absolute atomic E-state index is 12.4. The van der Waals surface area contributed by atoms with Crippen LogP contribution in [-0.4, -0.2) is 48.9 Å². The lowest BCUT2D eigenvalue weighted by atomic mass is 10.0. The maximum atomic E-state index is 12.4. The van der Waals surface area contributed by atoms with Crippen LogP contribution in [0.2, 0.25) is 0 Å². The Morgan fingerprint density at radius 2 is 1.88 bits per heavy atom. The van der Waals surface area contributed by atoms with Gasteiger partial charge in [-0.1, -0.05) is 6.42 Å². The summed E-state index contributed by atoms with van der Waals surface area (Å²) in [6.07, 6.45) is 5.22. The number of nitrogens with zero attached hydrogens (tertiary/aromatic N) is 2. The molecule has 6 nitrogen and oxygen atoms in total. The molecule has 0 aromatic heterocycles. The summed E-state index contributed by atoms with van der Waals surface area (Å²) < 4.78 is 0. The van der Waals surface area contributed by atoms with Gasteiger partial charge in [-0.05, 0) is 62.9 Å². The first-order valence-corrected chi connectivity index (χ1v) is 9.23. The minimum absolute atomic E-state index is 0.0959. The SMILES string of the molecule is Cc1cc(NC(=O)CN2CCCCC2C(N)=O)ccc1N1CCCC1. The highest BCUT2D eigenvalue weighted by Crippen LogP contribution is 2.26. The van der Waals surface area contributed by atoms with E-state index < -0.39 is 0 Å². The number of aryl methyl sites for hydroxylation is 1. The number of anilines is 2. The minimum Gasteiger partial charge on any atom is -0.371 e. The minimum atomic E-state index is -0.335. The Bertz CT molecular complexity index is 640. The van der Waals surface area contributed by atoms with E-state index in [-0.39, 0.29) is 24.4 Å². The molecule has 2 saturated heterocycles. The number of carbonyl (C=O) groups excluding carboxylic acids is 2. The average Bonchev–Trinajstić information content (AvgIpc) is 3.09. The number of likely N-dealkylation sites (tertiary alicyclic amines) is 1. The van der Waals surface area contributed by atoms with Crippen LogP contribution in [0, 0.1) is 6.92 Å². The van der Waals surface area contributed by atoms with E-state index in [0.717, 1.165) is 44.6 Å². The van der Waals surface area contributed by atoms with Crippen molar-refractivity contribution in [1.29, 1.82) is 0 Å². The molecule has 3 rings (SSSR count). The van der Waals surface area contributed by atoms with E-state index >= 15 is 0 Å². The van der Waals surface area contributed by atoms with Crippen LogP contribution >= 0.6 is 0 Å². The standard InChI is InChI=1S/C19H28N4O2/c1-14-12-15(7-8-16(14)22-9-4-5-10-22)21-18(24)13-23-11-3-2-6-17(23)19(20)25/h7-8,12,17H,2-6,9-11,13H2,1H3,(H2,20,25)(H,21,24). The molecule has 0 radical (unpaired) electrons. The van der Waals surface area contributed by atoms with Gasteiger partial charge in [-0.25, -0.2) is 0 Å². The monoisotopic (exact) mass is 344 g/mol. The Kier molecular flexibility index (Phi) is 5.58. The van der Waals surface area contributed by atoms with E-state index in [0.29, 0.717) is 0 Å². The zero-order chi connectivity index (χ0) is 17.8. The highest BCUT2D eigenvalue weighted by Gasteiger charge is 2.28. The van der Waals surface area contributed by atoms with Crippen LogP contribution in [-0.2, 0) is 9.59 Å². The van der Waals surface area contributed by atoms with E-state index in [1.807, 2.05) is 17.0 Å². The van der Waals surface area contributed by atoms with Crippen LogP contribution in [0.4, 0.5) is 11.4 Å². The Morgan fingerprint density at radius 3 is 2.56 bits per heavy atom. The molecule has 0 bridgehead atoms.